The Morgan fingerprint density at radius 3 is 2.50 bits per heavy atom. The molecule has 0 saturated heterocycles. The van der Waals surface area contributed by atoms with Gasteiger partial charge in [-0.05, 0) is 60.4 Å². The first-order chi connectivity index (χ1) is 15.6. The molecule has 8 heteroatoms. The zero-order valence-electron chi connectivity index (χ0n) is 17.0. The molecule has 2 amide bonds. The second-order valence-corrected chi connectivity index (χ2v) is 8.60. The molecule has 0 spiro atoms. The number of thiazole rings is 1. The number of fused-ring (bicyclic) bond motifs is 2. The van der Waals surface area contributed by atoms with Crippen molar-refractivity contribution >= 4 is 50.1 Å². The van der Waals surface area contributed by atoms with Crippen LogP contribution in [0.5, 0.6) is 0 Å². The van der Waals surface area contributed by atoms with Crippen LogP contribution in [-0.4, -0.2) is 22.1 Å². The number of carbonyl (C=O) groups is 2. The van der Waals surface area contributed by atoms with Gasteiger partial charge in [-0.1, -0.05) is 41.7 Å². The fourth-order valence-corrected chi connectivity index (χ4v) is 4.91. The molecule has 4 N–H and O–H groups in total. The van der Waals surface area contributed by atoms with E-state index in [-0.39, 0.29) is 11.9 Å². The van der Waals surface area contributed by atoms with Crippen LogP contribution in [0.3, 0.4) is 0 Å². The first-order valence-electron chi connectivity index (χ1n) is 10.2. The van der Waals surface area contributed by atoms with E-state index in [1.165, 1.54) is 5.56 Å². The van der Waals surface area contributed by atoms with E-state index in [1.54, 1.807) is 35.6 Å². The van der Waals surface area contributed by atoms with Crippen molar-refractivity contribution in [3.05, 3.63) is 83.4 Å². The monoisotopic (exact) mass is 444 g/mol. The number of carbonyl (C=O) groups excluding carboxylic acids is 1. The molecule has 32 heavy (non-hydrogen) atoms. The van der Waals surface area contributed by atoms with Crippen LogP contribution in [-0.2, 0) is 6.42 Å². The molecular weight excluding hydrogens is 424 g/mol. The summed E-state index contributed by atoms with van der Waals surface area (Å²) in [5.74, 6) is -0.293. The van der Waals surface area contributed by atoms with Gasteiger partial charge < -0.3 is 15.7 Å². The van der Waals surface area contributed by atoms with Gasteiger partial charge in [0.05, 0.1) is 27.6 Å². The van der Waals surface area contributed by atoms with Gasteiger partial charge in [-0.15, -0.1) is 0 Å². The summed E-state index contributed by atoms with van der Waals surface area (Å²) in [7, 11) is 0. The topological polar surface area (TPSA) is 103 Å². The Hall–Kier alpha value is -3.91. The predicted octanol–water partition coefficient (Wildman–Crippen LogP) is 5.74. The molecule has 3 aromatic carbocycles. The first-order valence-corrected chi connectivity index (χ1v) is 11.0. The number of nitrogens with one attached hydrogen (secondary N) is 3. The van der Waals surface area contributed by atoms with Gasteiger partial charge in [-0.25, -0.2) is 9.78 Å². The number of rotatable bonds is 5. The smallest absolute Gasteiger partial charge is 0.409 e. The molecule has 160 valence electrons. The van der Waals surface area contributed by atoms with Crippen LogP contribution in [0.2, 0.25) is 0 Å². The van der Waals surface area contributed by atoms with Crippen molar-refractivity contribution < 1.29 is 14.7 Å². The molecule has 1 heterocycles. The Bertz CT molecular complexity index is 1300. The van der Waals surface area contributed by atoms with Gasteiger partial charge in [0.15, 0.2) is 5.13 Å². The molecule has 0 saturated carbocycles. The molecule has 4 aromatic rings. The summed E-state index contributed by atoms with van der Waals surface area (Å²) in [5.41, 5.74) is 4.53. The molecule has 1 aliphatic rings. The fourth-order valence-electron chi connectivity index (χ4n) is 3.99. The van der Waals surface area contributed by atoms with Crippen LogP contribution < -0.4 is 16.0 Å². The van der Waals surface area contributed by atoms with Gasteiger partial charge in [0, 0.05) is 5.56 Å². The van der Waals surface area contributed by atoms with Crippen LogP contribution >= 0.6 is 11.3 Å². The number of anilines is 3. The van der Waals surface area contributed by atoms with E-state index in [9.17, 15) is 9.59 Å². The van der Waals surface area contributed by atoms with Gasteiger partial charge >= 0.3 is 6.09 Å². The van der Waals surface area contributed by atoms with Crippen LogP contribution in [0.4, 0.5) is 21.3 Å². The molecule has 0 aliphatic heterocycles. The van der Waals surface area contributed by atoms with Gasteiger partial charge in [0.1, 0.15) is 0 Å². The third kappa shape index (κ3) is 4.00. The van der Waals surface area contributed by atoms with E-state index >= 15 is 0 Å². The molecule has 0 bridgehead atoms. The highest BCUT2D eigenvalue weighted by Gasteiger charge is 2.25. The lowest BCUT2D eigenvalue weighted by Gasteiger charge is -2.15. The third-order valence-electron chi connectivity index (χ3n) is 5.49. The molecular formula is C24H20N4O3S. The van der Waals surface area contributed by atoms with E-state index in [4.69, 9.17) is 5.11 Å². The van der Waals surface area contributed by atoms with Crippen molar-refractivity contribution in [2.75, 3.05) is 16.0 Å². The molecule has 0 radical (unpaired) electrons. The van der Waals surface area contributed by atoms with E-state index in [1.807, 2.05) is 36.4 Å². The molecule has 1 atom stereocenters. The molecule has 1 unspecified atom stereocenters. The second-order valence-electron chi connectivity index (χ2n) is 7.57. The fraction of sp³-hybridized carbons (Fsp3) is 0.125. The van der Waals surface area contributed by atoms with Crippen LogP contribution in [0.25, 0.3) is 10.2 Å². The lowest BCUT2D eigenvalue weighted by Crippen LogP contribution is -2.16. The maximum Gasteiger partial charge on any atom is 0.409 e. The average Bonchev–Trinajstić information content (AvgIpc) is 3.38. The first kappa shape index (κ1) is 20.0. The van der Waals surface area contributed by atoms with Gasteiger partial charge in [0.2, 0.25) is 0 Å². The summed E-state index contributed by atoms with van der Waals surface area (Å²) in [6, 6.07) is 20.5. The molecule has 7 nitrogen and oxygen atoms in total. The summed E-state index contributed by atoms with van der Waals surface area (Å²) in [4.78, 5) is 28.6. The number of nitrogens with zero attached hydrogens (tertiary/aromatic N) is 1. The summed E-state index contributed by atoms with van der Waals surface area (Å²) in [6.45, 7) is 0. The largest absolute Gasteiger partial charge is 0.465 e. The van der Waals surface area contributed by atoms with Crippen LogP contribution in [0.15, 0.2) is 66.7 Å². The molecule has 5 rings (SSSR count). The number of carboxylic acid groups (broad SMARTS) is 1. The molecule has 0 fully saturated rings. The Morgan fingerprint density at radius 2 is 1.72 bits per heavy atom. The highest BCUT2D eigenvalue weighted by Crippen LogP contribution is 2.36. The Kier molecular flexibility index (Phi) is 5.20. The minimum absolute atomic E-state index is 0.0827. The standard InChI is InChI=1S/C24H20N4O3S/c29-22(25-18-5-1-2-6-19(18)28-24(30)31)15-10-9-14-11-12-17(16(14)13-15)26-23-27-20-7-3-4-8-21(20)32-23/h1-10,13,17,28H,11-12H2,(H,25,29)(H,26,27)(H,30,31). The Morgan fingerprint density at radius 1 is 0.969 bits per heavy atom. The van der Waals surface area contributed by atoms with Gasteiger partial charge in [-0.3, -0.25) is 10.1 Å². The second kappa shape index (κ2) is 8.32. The average molecular weight is 445 g/mol. The summed E-state index contributed by atoms with van der Waals surface area (Å²) in [6.07, 6.45) is 0.681. The summed E-state index contributed by atoms with van der Waals surface area (Å²) >= 11 is 1.62. The van der Waals surface area contributed by atoms with Crippen molar-refractivity contribution in [1.29, 1.82) is 0 Å². The highest BCUT2D eigenvalue weighted by atomic mass is 32.1. The zero-order chi connectivity index (χ0) is 22.1. The van der Waals surface area contributed by atoms with E-state index < -0.39 is 6.09 Å². The number of amides is 2. The van der Waals surface area contributed by atoms with Crippen molar-refractivity contribution in [3.8, 4) is 0 Å². The normalized spacial score (nSPS) is 14.7. The molecule has 1 aliphatic carbocycles. The van der Waals surface area contributed by atoms with Gasteiger partial charge in [0.25, 0.3) is 5.91 Å². The lowest BCUT2D eigenvalue weighted by atomic mass is 10.0. The van der Waals surface area contributed by atoms with Crippen molar-refractivity contribution in [2.24, 2.45) is 0 Å². The Balaban J connectivity index is 1.36. The van der Waals surface area contributed by atoms with Gasteiger partial charge in [-0.2, -0.15) is 0 Å². The zero-order valence-corrected chi connectivity index (χ0v) is 17.8. The summed E-state index contributed by atoms with van der Waals surface area (Å²) in [5, 5.41) is 18.5. The van der Waals surface area contributed by atoms with E-state index in [2.05, 4.69) is 27.0 Å². The van der Waals surface area contributed by atoms with Crippen LogP contribution in [0.1, 0.15) is 33.9 Å². The van der Waals surface area contributed by atoms with E-state index in [0.29, 0.717) is 16.9 Å². The third-order valence-corrected chi connectivity index (χ3v) is 6.46. The van der Waals surface area contributed by atoms with E-state index in [0.717, 1.165) is 33.8 Å². The highest BCUT2D eigenvalue weighted by molar-refractivity contribution is 7.22. The van der Waals surface area contributed by atoms with Crippen molar-refractivity contribution in [2.45, 2.75) is 18.9 Å². The van der Waals surface area contributed by atoms with Crippen LogP contribution in [0, 0.1) is 0 Å². The lowest BCUT2D eigenvalue weighted by molar-refractivity contribution is 0.102. The number of aryl methyl sites for hydroxylation is 1. The maximum absolute atomic E-state index is 12.9. The Labute approximate surface area is 188 Å². The summed E-state index contributed by atoms with van der Waals surface area (Å²) < 4.78 is 1.13. The number of aromatic nitrogens is 1. The molecule has 1 aromatic heterocycles. The van der Waals surface area contributed by atoms with Crippen molar-refractivity contribution in [1.82, 2.24) is 4.98 Å². The number of para-hydroxylation sites is 3. The SMILES string of the molecule is O=C(O)Nc1ccccc1NC(=O)c1ccc2c(c1)C(Nc1nc3ccccc3s1)CC2. The quantitative estimate of drug-likeness (QED) is 0.314. The van der Waals surface area contributed by atoms with Crippen molar-refractivity contribution in [3.63, 3.8) is 0 Å². The number of benzene rings is 3. The number of hydrogen-bond acceptors (Lipinski definition) is 5. The minimum atomic E-state index is -1.19. The number of hydrogen-bond donors (Lipinski definition) is 4. The predicted molar refractivity (Wildman–Crippen MR) is 127 cm³/mol. The maximum atomic E-state index is 12.9. The minimum Gasteiger partial charge on any atom is -0.465 e.